The molecule has 4 nitrogen and oxygen atoms in total. The molecule has 1 saturated heterocycles. The van der Waals surface area contributed by atoms with Crippen LogP contribution in [-0.4, -0.2) is 53.7 Å². The lowest BCUT2D eigenvalue weighted by Gasteiger charge is -2.41. The van der Waals surface area contributed by atoms with Crippen molar-refractivity contribution < 1.29 is 9.53 Å². The minimum absolute atomic E-state index is 0.177. The van der Waals surface area contributed by atoms with Gasteiger partial charge in [0.1, 0.15) is 5.60 Å². The molecule has 0 N–H and O–H groups in total. The Kier molecular flexibility index (Phi) is 5.53. The third-order valence-electron chi connectivity index (χ3n) is 4.80. The summed E-state index contributed by atoms with van der Waals surface area (Å²) in [5, 5.41) is 0. The van der Waals surface area contributed by atoms with Gasteiger partial charge < -0.3 is 14.5 Å². The van der Waals surface area contributed by atoms with Crippen LogP contribution in [0.2, 0.25) is 0 Å². The van der Waals surface area contributed by atoms with Crippen molar-refractivity contribution in [3.05, 3.63) is 0 Å². The molecule has 2 rings (SSSR count). The van der Waals surface area contributed by atoms with Gasteiger partial charge in [0.05, 0.1) is 0 Å². The predicted octanol–water partition coefficient (Wildman–Crippen LogP) is 3.65. The van der Waals surface area contributed by atoms with Gasteiger partial charge in [-0.25, -0.2) is 4.79 Å². The van der Waals surface area contributed by atoms with Crippen LogP contribution < -0.4 is 0 Å². The highest BCUT2D eigenvalue weighted by Crippen LogP contribution is 2.28. The molecule has 0 atom stereocenters. The zero-order chi connectivity index (χ0) is 15.5. The Morgan fingerprint density at radius 3 is 2.14 bits per heavy atom. The highest BCUT2D eigenvalue weighted by molar-refractivity contribution is 5.68. The number of rotatable bonds is 2. The number of amides is 1. The van der Waals surface area contributed by atoms with E-state index in [1.165, 1.54) is 45.2 Å². The van der Waals surface area contributed by atoms with Crippen molar-refractivity contribution in [2.24, 2.45) is 0 Å². The molecule has 4 heteroatoms. The van der Waals surface area contributed by atoms with E-state index in [2.05, 4.69) is 4.90 Å². The van der Waals surface area contributed by atoms with Crippen LogP contribution in [0, 0.1) is 0 Å². The average molecular weight is 296 g/mol. The number of nitrogens with zero attached hydrogens (tertiary/aromatic N) is 2. The molecule has 0 bridgehead atoms. The summed E-state index contributed by atoms with van der Waals surface area (Å²) in [6.07, 6.45) is 8.59. The first-order valence-corrected chi connectivity index (χ1v) is 8.57. The standard InChI is InChI=1S/C17H32N2O2/c1-17(2,3)21-16(20)18(4)14-8-10-15(11-9-14)19-12-6-5-7-13-19/h14-15H,5-13H2,1-4H3/t14-,15+. The third-order valence-corrected chi connectivity index (χ3v) is 4.80. The second-order valence-corrected chi connectivity index (χ2v) is 7.65. The molecular formula is C17H32N2O2. The van der Waals surface area contributed by atoms with Crippen molar-refractivity contribution in [3.8, 4) is 0 Å². The van der Waals surface area contributed by atoms with Crippen molar-refractivity contribution in [2.45, 2.75) is 83.4 Å². The minimum Gasteiger partial charge on any atom is -0.444 e. The average Bonchev–Trinajstić information content (AvgIpc) is 2.46. The summed E-state index contributed by atoms with van der Waals surface area (Å²) in [6, 6.07) is 1.09. The van der Waals surface area contributed by atoms with Gasteiger partial charge in [0.15, 0.2) is 0 Å². The normalized spacial score (nSPS) is 28.2. The zero-order valence-corrected chi connectivity index (χ0v) is 14.2. The van der Waals surface area contributed by atoms with Gasteiger partial charge in [-0.05, 0) is 72.4 Å². The van der Waals surface area contributed by atoms with Crippen LogP contribution in [0.4, 0.5) is 4.79 Å². The maximum Gasteiger partial charge on any atom is 0.410 e. The van der Waals surface area contributed by atoms with E-state index in [0.717, 1.165) is 18.9 Å². The summed E-state index contributed by atoms with van der Waals surface area (Å²) in [6.45, 7) is 8.32. The van der Waals surface area contributed by atoms with Gasteiger partial charge in [-0.15, -0.1) is 0 Å². The molecule has 1 aliphatic heterocycles. The lowest BCUT2D eigenvalue weighted by molar-refractivity contribution is 0.0143. The molecule has 0 radical (unpaired) electrons. The molecule has 0 aromatic rings. The van der Waals surface area contributed by atoms with Crippen molar-refractivity contribution in [1.82, 2.24) is 9.80 Å². The Labute approximate surface area is 129 Å². The van der Waals surface area contributed by atoms with E-state index in [9.17, 15) is 4.79 Å². The SMILES string of the molecule is CN(C(=O)OC(C)(C)C)[C@H]1CC[C@@H](N2CCCCC2)CC1. The molecule has 1 aliphatic carbocycles. The van der Waals surface area contributed by atoms with Gasteiger partial charge in [0, 0.05) is 19.1 Å². The summed E-state index contributed by atoms with van der Waals surface area (Å²) in [5.74, 6) is 0. The van der Waals surface area contributed by atoms with Crippen LogP contribution in [0.25, 0.3) is 0 Å². The minimum atomic E-state index is -0.406. The van der Waals surface area contributed by atoms with E-state index in [1.807, 2.05) is 32.7 Å². The summed E-state index contributed by atoms with van der Waals surface area (Å²) >= 11 is 0. The topological polar surface area (TPSA) is 32.8 Å². The highest BCUT2D eigenvalue weighted by atomic mass is 16.6. The van der Waals surface area contributed by atoms with Crippen molar-refractivity contribution in [3.63, 3.8) is 0 Å². The Bertz CT molecular complexity index is 337. The van der Waals surface area contributed by atoms with Gasteiger partial charge in [0.25, 0.3) is 0 Å². The Morgan fingerprint density at radius 2 is 1.62 bits per heavy atom. The number of piperidine rings is 1. The molecule has 0 spiro atoms. The van der Waals surface area contributed by atoms with Crippen LogP contribution >= 0.6 is 0 Å². The zero-order valence-electron chi connectivity index (χ0n) is 14.2. The molecule has 1 heterocycles. The van der Waals surface area contributed by atoms with Gasteiger partial charge in [0.2, 0.25) is 0 Å². The van der Waals surface area contributed by atoms with Crippen molar-refractivity contribution in [1.29, 1.82) is 0 Å². The monoisotopic (exact) mass is 296 g/mol. The summed E-state index contributed by atoms with van der Waals surface area (Å²) in [4.78, 5) is 16.6. The third kappa shape index (κ3) is 4.87. The molecule has 1 amide bonds. The molecule has 1 saturated carbocycles. The fraction of sp³-hybridized carbons (Fsp3) is 0.941. The van der Waals surface area contributed by atoms with Gasteiger partial charge >= 0.3 is 6.09 Å². The smallest absolute Gasteiger partial charge is 0.410 e. The van der Waals surface area contributed by atoms with Gasteiger partial charge in [-0.2, -0.15) is 0 Å². The first kappa shape index (κ1) is 16.6. The predicted molar refractivity (Wildman–Crippen MR) is 85.5 cm³/mol. The number of hydrogen-bond donors (Lipinski definition) is 0. The van der Waals surface area contributed by atoms with E-state index in [-0.39, 0.29) is 6.09 Å². The maximum absolute atomic E-state index is 12.1. The molecule has 21 heavy (non-hydrogen) atoms. The van der Waals surface area contributed by atoms with E-state index in [0.29, 0.717) is 6.04 Å². The summed E-state index contributed by atoms with van der Waals surface area (Å²) in [7, 11) is 1.89. The molecule has 0 aromatic heterocycles. The summed E-state index contributed by atoms with van der Waals surface area (Å²) in [5.41, 5.74) is -0.406. The second-order valence-electron chi connectivity index (χ2n) is 7.65. The first-order chi connectivity index (χ1) is 9.87. The van der Waals surface area contributed by atoms with E-state index >= 15 is 0 Å². The number of likely N-dealkylation sites (tertiary alicyclic amines) is 1. The number of carbonyl (C=O) groups is 1. The van der Waals surface area contributed by atoms with Gasteiger partial charge in [-0.3, -0.25) is 0 Å². The quantitative estimate of drug-likeness (QED) is 0.780. The van der Waals surface area contributed by atoms with Crippen LogP contribution in [0.15, 0.2) is 0 Å². The number of ether oxygens (including phenoxy) is 1. The molecule has 2 aliphatic rings. The molecule has 2 fully saturated rings. The largest absolute Gasteiger partial charge is 0.444 e. The highest BCUT2D eigenvalue weighted by Gasteiger charge is 2.31. The molecular weight excluding hydrogens is 264 g/mol. The Hall–Kier alpha value is -0.770. The van der Waals surface area contributed by atoms with Crippen molar-refractivity contribution >= 4 is 6.09 Å². The molecule has 122 valence electrons. The molecule has 0 unspecified atom stereocenters. The van der Waals surface area contributed by atoms with Crippen LogP contribution in [0.3, 0.4) is 0 Å². The van der Waals surface area contributed by atoms with Crippen LogP contribution in [-0.2, 0) is 4.74 Å². The molecule has 0 aromatic carbocycles. The Balaban J connectivity index is 1.78. The Morgan fingerprint density at radius 1 is 1.05 bits per heavy atom. The fourth-order valence-electron chi connectivity index (χ4n) is 3.58. The fourth-order valence-corrected chi connectivity index (χ4v) is 3.58. The first-order valence-electron chi connectivity index (χ1n) is 8.57. The lowest BCUT2D eigenvalue weighted by Crippen LogP contribution is -2.47. The second kappa shape index (κ2) is 6.99. The van der Waals surface area contributed by atoms with Crippen LogP contribution in [0.5, 0.6) is 0 Å². The number of carbonyl (C=O) groups excluding carboxylic acids is 1. The maximum atomic E-state index is 12.1. The van der Waals surface area contributed by atoms with Crippen molar-refractivity contribution in [2.75, 3.05) is 20.1 Å². The lowest BCUT2D eigenvalue weighted by atomic mass is 9.88. The van der Waals surface area contributed by atoms with E-state index < -0.39 is 5.60 Å². The number of hydrogen-bond acceptors (Lipinski definition) is 3. The van der Waals surface area contributed by atoms with E-state index in [1.54, 1.807) is 0 Å². The van der Waals surface area contributed by atoms with E-state index in [4.69, 9.17) is 4.74 Å². The van der Waals surface area contributed by atoms with Crippen LogP contribution in [0.1, 0.15) is 65.7 Å². The van der Waals surface area contributed by atoms with Gasteiger partial charge in [-0.1, -0.05) is 6.42 Å². The summed E-state index contributed by atoms with van der Waals surface area (Å²) < 4.78 is 5.47.